The van der Waals surface area contributed by atoms with Crippen LogP contribution in [0.2, 0.25) is 0 Å². The number of hydrogen-bond donors (Lipinski definition) is 4. The summed E-state index contributed by atoms with van der Waals surface area (Å²) in [4.78, 5) is 53.1. The van der Waals surface area contributed by atoms with E-state index in [-0.39, 0.29) is 18.8 Å². The average molecular weight is 454 g/mol. The van der Waals surface area contributed by atoms with Gasteiger partial charge in [-0.3, -0.25) is 24.0 Å². The van der Waals surface area contributed by atoms with E-state index in [2.05, 4.69) is 0 Å². The molecule has 0 spiro atoms. The topological polar surface area (TPSA) is 175 Å². The van der Waals surface area contributed by atoms with Gasteiger partial charge in [0.15, 0.2) is 6.23 Å². The van der Waals surface area contributed by atoms with Crippen molar-refractivity contribution in [3.63, 3.8) is 0 Å². The first kappa shape index (κ1) is 23.8. The number of amides is 1. The van der Waals surface area contributed by atoms with Gasteiger partial charge in [0.05, 0.1) is 6.61 Å². The molecule has 0 aromatic carbocycles. The number of esters is 1. The predicted octanol–water partition coefficient (Wildman–Crippen LogP) is -3.26. The van der Waals surface area contributed by atoms with Gasteiger partial charge in [-0.05, 0) is 20.0 Å². The van der Waals surface area contributed by atoms with Crippen molar-refractivity contribution >= 4 is 11.9 Å². The first-order chi connectivity index (χ1) is 15.1. The van der Waals surface area contributed by atoms with Gasteiger partial charge in [-0.2, -0.15) is 0 Å². The lowest BCUT2D eigenvalue weighted by Crippen LogP contribution is -2.57. The summed E-state index contributed by atoms with van der Waals surface area (Å²) in [6.45, 7) is 1.84. The first-order valence-electron chi connectivity index (χ1n) is 9.94. The number of aromatic amines is 1. The van der Waals surface area contributed by atoms with Crippen molar-refractivity contribution in [3.8, 4) is 0 Å². The fourth-order valence-electron chi connectivity index (χ4n) is 3.82. The SMILES string of the molecule is CCOC(=O)C1=CCN(C)[C@@H]([C@H](O)[C@H]2O[C@@H](n3ccc(=O)[nH]c3=O)[C@H](O)[C@@H]2O)C(=O)N1C. The van der Waals surface area contributed by atoms with Crippen molar-refractivity contribution in [3.05, 3.63) is 44.9 Å². The molecule has 3 heterocycles. The minimum Gasteiger partial charge on any atom is -0.461 e. The molecule has 3 rings (SSSR count). The zero-order chi connectivity index (χ0) is 23.7. The fraction of sp³-hybridized carbons (Fsp3) is 0.579. The van der Waals surface area contributed by atoms with Crippen LogP contribution in [0.3, 0.4) is 0 Å². The molecule has 0 unspecified atom stereocenters. The lowest BCUT2D eigenvalue weighted by molar-refractivity contribution is -0.151. The Hall–Kier alpha value is -2.84. The molecule has 13 nitrogen and oxygen atoms in total. The Bertz CT molecular complexity index is 1020. The molecule has 2 aliphatic rings. The summed E-state index contributed by atoms with van der Waals surface area (Å²) in [7, 11) is 2.89. The van der Waals surface area contributed by atoms with Gasteiger partial charge in [-0.15, -0.1) is 0 Å². The second-order valence-corrected chi connectivity index (χ2v) is 7.57. The molecule has 0 aliphatic carbocycles. The van der Waals surface area contributed by atoms with Crippen molar-refractivity contribution in [2.24, 2.45) is 0 Å². The van der Waals surface area contributed by atoms with Gasteiger partial charge in [-0.1, -0.05) is 0 Å². The number of aromatic nitrogens is 2. The Morgan fingerprint density at radius 2 is 1.97 bits per heavy atom. The number of likely N-dealkylation sites (N-methyl/N-ethyl adjacent to an activating group) is 2. The van der Waals surface area contributed by atoms with Crippen LogP contribution < -0.4 is 11.2 Å². The van der Waals surface area contributed by atoms with Crippen LogP contribution in [0.15, 0.2) is 33.6 Å². The summed E-state index contributed by atoms with van der Waals surface area (Å²) >= 11 is 0. The van der Waals surface area contributed by atoms with E-state index < -0.39 is 59.8 Å². The molecule has 0 saturated carbocycles. The highest BCUT2D eigenvalue weighted by atomic mass is 16.6. The van der Waals surface area contributed by atoms with Gasteiger partial charge >= 0.3 is 11.7 Å². The monoisotopic (exact) mass is 454 g/mol. The van der Waals surface area contributed by atoms with Crippen LogP contribution in [0.1, 0.15) is 13.2 Å². The minimum absolute atomic E-state index is 0.00370. The maximum absolute atomic E-state index is 13.1. The second-order valence-electron chi connectivity index (χ2n) is 7.57. The lowest BCUT2D eigenvalue weighted by Gasteiger charge is -2.34. The van der Waals surface area contributed by atoms with Crippen molar-refractivity contribution in [2.75, 3.05) is 27.2 Å². The van der Waals surface area contributed by atoms with Gasteiger partial charge in [0, 0.05) is 25.9 Å². The quantitative estimate of drug-likeness (QED) is 0.331. The largest absolute Gasteiger partial charge is 0.461 e. The van der Waals surface area contributed by atoms with E-state index in [1.807, 2.05) is 4.98 Å². The molecule has 1 amide bonds. The van der Waals surface area contributed by atoms with Crippen LogP contribution >= 0.6 is 0 Å². The summed E-state index contributed by atoms with van der Waals surface area (Å²) in [5.41, 5.74) is -1.53. The standard InChI is InChI=1S/C19H26N4O9/c1-4-31-18(29)9-5-7-21(2)11(16(28)22(9)3)12(25)15-13(26)14(27)17(32-15)23-8-6-10(24)20-19(23)30/h5-6,8,11-15,17,25-27H,4,7H2,1-3H3,(H,20,24,30)/t11-,12-,13-,14+,15+,17+/m0/s1. The first-order valence-corrected chi connectivity index (χ1v) is 9.94. The Kier molecular flexibility index (Phi) is 6.95. The zero-order valence-electron chi connectivity index (χ0n) is 17.7. The third kappa shape index (κ3) is 4.25. The molecule has 1 fully saturated rings. The highest BCUT2D eigenvalue weighted by Crippen LogP contribution is 2.32. The highest BCUT2D eigenvalue weighted by molar-refractivity contribution is 5.96. The van der Waals surface area contributed by atoms with Gasteiger partial charge in [0.2, 0.25) is 5.91 Å². The third-order valence-corrected chi connectivity index (χ3v) is 5.54. The molecule has 0 radical (unpaired) electrons. The van der Waals surface area contributed by atoms with Crippen molar-refractivity contribution in [2.45, 2.75) is 43.6 Å². The number of nitrogens with zero attached hydrogens (tertiary/aromatic N) is 3. The Morgan fingerprint density at radius 1 is 1.28 bits per heavy atom. The molecule has 32 heavy (non-hydrogen) atoms. The number of carbonyl (C=O) groups excluding carboxylic acids is 2. The van der Waals surface area contributed by atoms with Gasteiger partial charge in [0.25, 0.3) is 5.56 Å². The van der Waals surface area contributed by atoms with Crippen molar-refractivity contribution in [1.29, 1.82) is 0 Å². The van der Waals surface area contributed by atoms with E-state index in [1.165, 1.54) is 25.1 Å². The summed E-state index contributed by atoms with van der Waals surface area (Å²) < 4.78 is 11.4. The van der Waals surface area contributed by atoms with Crippen LogP contribution in [0.25, 0.3) is 0 Å². The molecule has 13 heteroatoms. The average Bonchev–Trinajstić information content (AvgIpc) is 2.96. The highest BCUT2D eigenvalue weighted by Gasteiger charge is 2.51. The van der Waals surface area contributed by atoms with E-state index in [9.17, 15) is 34.5 Å². The molecule has 176 valence electrons. The van der Waals surface area contributed by atoms with E-state index in [4.69, 9.17) is 9.47 Å². The Morgan fingerprint density at radius 3 is 2.59 bits per heavy atom. The maximum atomic E-state index is 13.1. The molecule has 1 aromatic heterocycles. The molecule has 2 aliphatic heterocycles. The third-order valence-electron chi connectivity index (χ3n) is 5.54. The van der Waals surface area contributed by atoms with E-state index >= 15 is 0 Å². The van der Waals surface area contributed by atoms with Crippen LogP contribution in [0.5, 0.6) is 0 Å². The van der Waals surface area contributed by atoms with E-state index in [0.717, 1.165) is 21.7 Å². The van der Waals surface area contributed by atoms with Gasteiger partial charge in [-0.25, -0.2) is 9.59 Å². The number of H-pyrrole nitrogens is 1. The number of hydrogen-bond acceptors (Lipinski definition) is 10. The Labute approximate surface area is 182 Å². The number of nitrogens with one attached hydrogen (secondary N) is 1. The fourth-order valence-corrected chi connectivity index (χ4v) is 3.82. The number of aliphatic hydroxyl groups is 3. The van der Waals surface area contributed by atoms with E-state index in [0.29, 0.717) is 0 Å². The lowest BCUT2D eigenvalue weighted by atomic mass is 9.98. The van der Waals surface area contributed by atoms with Crippen molar-refractivity contribution < 1.29 is 34.4 Å². The van der Waals surface area contributed by atoms with Crippen LogP contribution in [0.4, 0.5) is 0 Å². The summed E-state index contributed by atoms with van der Waals surface area (Å²) in [5, 5.41) is 31.9. The summed E-state index contributed by atoms with van der Waals surface area (Å²) in [5.74, 6) is -1.36. The van der Waals surface area contributed by atoms with Gasteiger partial charge < -0.3 is 29.7 Å². The van der Waals surface area contributed by atoms with Crippen LogP contribution in [-0.2, 0) is 19.1 Å². The molecule has 4 N–H and O–H groups in total. The Balaban J connectivity index is 1.85. The zero-order valence-corrected chi connectivity index (χ0v) is 17.7. The van der Waals surface area contributed by atoms with Crippen LogP contribution in [0, 0.1) is 0 Å². The summed E-state index contributed by atoms with van der Waals surface area (Å²) in [6, 6.07) is -0.214. The molecule has 0 bridgehead atoms. The number of carbonyl (C=O) groups is 2. The minimum atomic E-state index is -1.65. The maximum Gasteiger partial charge on any atom is 0.354 e. The number of aliphatic hydroxyl groups excluding tert-OH is 3. The number of rotatable bonds is 5. The molecular weight excluding hydrogens is 428 g/mol. The molecule has 1 saturated heterocycles. The molecule has 1 aromatic rings. The predicted molar refractivity (Wildman–Crippen MR) is 107 cm³/mol. The van der Waals surface area contributed by atoms with Crippen molar-refractivity contribution in [1.82, 2.24) is 19.4 Å². The smallest absolute Gasteiger partial charge is 0.354 e. The summed E-state index contributed by atoms with van der Waals surface area (Å²) in [6.07, 6.45) is -5.22. The molecule has 6 atom stereocenters. The normalized spacial score (nSPS) is 30.1. The van der Waals surface area contributed by atoms with Crippen LogP contribution in [-0.4, -0.2) is 104 Å². The van der Waals surface area contributed by atoms with E-state index in [1.54, 1.807) is 6.92 Å². The number of ether oxygens (including phenoxy) is 2. The molecular formula is C19H26N4O9. The second kappa shape index (κ2) is 9.34. The van der Waals surface area contributed by atoms with Gasteiger partial charge in [0.1, 0.15) is 36.2 Å².